The first-order chi connectivity index (χ1) is 17.0. The number of nitriles is 1. The van der Waals surface area contributed by atoms with Gasteiger partial charge >= 0.3 is 5.76 Å². The second kappa shape index (κ2) is 10.9. The number of rotatable bonds is 8. The molecule has 2 amide bonds. The number of carbonyl (C=O) groups excluding carboxylic acids is 2. The van der Waals surface area contributed by atoms with Crippen LogP contribution in [0.15, 0.2) is 82.0 Å². The van der Waals surface area contributed by atoms with E-state index in [4.69, 9.17) is 14.4 Å². The maximum absolute atomic E-state index is 12.0. The van der Waals surface area contributed by atoms with Crippen molar-refractivity contribution in [3.8, 4) is 22.9 Å². The van der Waals surface area contributed by atoms with E-state index in [0.717, 1.165) is 11.1 Å². The van der Waals surface area contributed by atoms with Crippen molar-refractivity contribution in [2.75, 3.05) is 6.61 Å². The minimum atomic E-state index is -0.508. The zero-order valence-electron chi connectivity index (χ0n) is 18.7. The van der Waals surface area contributed by atoms with Gasteiger partial charge in [0.1, 0.15) is 5.75 Å². The standard InChI is InChI=1S/C26H22N4O5/c27-16-18-7-9-19(10-8-18)20-11-13-21(14-12-20)34-17-25(32)29-28-24(31)6-3-15-30-22-4-1-2-5-23(22)35-26(30)33/h1-2,4-5,7-14H,3,6,15,17H2,(H,28,31)(H,29,32). The van der Waals surface area contributed by atoms with Crippen molar-refractivity contribution in [2.24, 2.45) is 0 Å². The van der Waals surface area contributed by atoms with Crippen LogP contribution in [0.5, 0.6) is 5.75 Å². The SMILES string of the molecule is N#Cc1ccc(-c2ccc(OCC(=O)NNC(=O)CCCn3c(=O)oc4ccccc43)cc2)cc1. The Morgan fingerprint density at radius 3 is 2.29 bits per heavy atom. The zero-order chi connectivity index (χ0) is 24.6. The molecule has 0 aliphatic heterocycles. The summed E-state index contributed by atoms with van der Waals surface area (Å²) in [6, 6.07) is 23.6. The Morgan fingerprint density at radius 1 is 0.914 bits per heavy atom. The number of ether oxygens (including phenoxy) is 1. The summed E-state index contributed by atoms with van der Waals surface area (Å²) in [6.45, 7) is 0.0473. The molecule has 0 bridgehead atoms. The number of oxazole rings is 1. The second-order valence-electron chi connectivity index (χ2n) is 7.69. The molecule has 0 aliphatic carbocycles. The molecule has 35 heavy (non-hydrogen) atoms. The summed E-state index contributed by atoms with van der Waals surface area (Å²) in [5.41, 5.74) is 8.32. The highest BCUT2D eigenvalue weighted by atomic mass is 16.5. The summed E-state index contributed by atoms with van der Waals surface area (Å²) in [4.78, 5) is 35.9. The van der Waals surface area contributed by atoms with Gasteiger partial charge in [-0.1, -0.05) is 36.4 Å². The van der Waals surface area contributed by atoms with Crippen molar-refractivity contribution in [1.82, 2.24) is 15.4 Å². The highest BCUT2D eigenvalue weighted by Crippen LogP contribution is 2.22. The monoisotopic (exact) mass is 470 g/mol. The number of hydrogen-bond donors (Lipinski definition) is 2. The number of benzene rings is 3. The van der Waals surface area contributed by atoms with Crippen LogP contribution < -0.4 is 21.3 Å². The van der Waals surface area contributed by atoms with Gasteiger partial charge in [0.05, 0.1) is 17.1 Å². The summed E-state index contributed by atoms with van der Waals surface area (Å²) in [7, 11) is 0. The molecule has 0 atom stereocenters. The molecule has 9 heteroatoms. The molecule has 4 aromatic rings. The van der Waals surface area contributed by atoms with Crippen LogP contribution >= 0.6 is 0 Å². The summed E-state index contributed by atoms with van der Waals surface area (Å²) < 4.78 is 12.1. The fourth-order valence-corrected chi connectivity index (χ4v) is 3.49. The lowest BCUT2D eigenvalue weighted by atomic mass is 10.0. The zero-order valence-corrected chi connectivity index (χ0v) is 18.7. The molecule has 176 valence electrons. The predicted octanol–water partition coefficient (Wildman–Crippen LogP) is 3.14. The van der Waals surface area contributed by atoms with E-state index >= 15 is 0 Å². The number of hydrogen-bond acceptors (Lipinski definition) is 6. The number of hydrazine groups is 1. The third kappa shape index (κ3) is 5.94. The number of carbonyl (C=O) groups is 2. The van der Waals surface area contributed by atoms with Crippen LogP contribution in [0.3, 0.4) is 0 Å². The van der Waals surface area contributed by atoms with E-state index in [1.165, 1.54) is 4.57 Å². The second-order valence-corrected chi connectivity index (χ2v) is 7.69. The van der Waals surface area contributed by atoms with Gasteiger partial charge in [-0.15, -0.1) is 0 Å². The van der Waals surface area contributed by atoms with Crippen molar-refractivity contribution in [1.29, 1.82) is 5.26 Å². The van der Waals surface area contributed by atoms with Gasteiger partial charge in [-0.25, -0.2) is 4.79 Å². The Bertz CT molecular complexity index is 1430. The van der Waals surface area contributed by atoms with E-state index in [-0.39, 0.29) is 18.9 Å². The summed E-state index contributed by atoms with van der Waals surface area (Å²) in [5.74, 6) is -0.860. The molecule has 0 radical (unpaired) electrons. The Kier molecular flexibility index (Phi) is 7.23. The fraction of sp³-hybridized carbons (Fsp3) is 0.154. The van der Waals surface area contributed by atoms with Gasteiger partial charge < -0.3 is 9.15 Å². The van der Waals surface area contributed by atoms with Crippen LogP contribution in [0.1, 0.15) is 18.4 Å². The highest BCUT2D eigenvalue weighted by molar-refractivity contribution is 5.82. The lowest BCUT2D eigenvalue weighted by Crippen LogP contribution is -2.43. The molecule has 3 aromatic carbocycles. The summed E-state index contributed by atoms with van der Waals surface area (Å²) in [6.07, 6.45) is 0.511. The largest absolute Gasteiger partial charge is 0.484 e. The lowest BCUT2D eigenvalue weighted by molar-refractivity contribution is -0.130. The number of aryl methyl sites for hydroxylation is 1. The van der Waals surface area contributed by atoms with E-state index in [0.29, 0.717) is 35.4 Å². The summed E-state index contributed by atoms with van der Waals surface area (Å²) in [5, 5.41) is 8.89. The van der Waals surface area contributed by atoms with Crippen LogP contribution in [0.25, 0.3) is 22.2 Å². The summed E-state index contributed by atoms with van der Waals surface area (Å²) >= 11 is 0. The maximum atomic E-state index is 12.0. The van der Waals surface area contributed by atoms with Crippen LogP contribution in [-0.2, 0) is 16.1 Å². The Balaban J connectivity index is 1.18. The Labute approximate surface area is 200 Å². The fourth-order valence-electron chi connectivity index (χ4n) is 3.49. The molecule has 1 aromatic heterocycles. The number of aromatic nitrogens is 1. The van der Waals surface area contributed by atoms with Gasteiger partial charge in [0, 0.05) is 13.0 Å². The van der Waals surface area contributed by atoms with E-state index < -0.39 is 11.7 Å². The van der Waals surface area contributed by atoms with E-state index in [9.17, 15) is 14.4 Å². The highest BCUT2D eigenvalue weighted by Gasteiger charge is 2.10. The predicted molar refractivity (Wildman–Crippen MR) is 128 cm³/mol. The van der Waals surface area contributed by atoms with Crippen molar-refractivity contribution in [2.45, 2.75) is 19.4 Å². The van der Waals surface area contributed by atoms with Gasteiger partial charge in [0.25, 0.3) is 5.91 Å². The van der Waals surface area contributed by atoms with Crippen molar-refractivity contribution in [3.05, 3.63) is 88.9 Å². The normalized spacial score (nSPS) is 10.5. The molecule has 0 aliphatic rings. The number of amides is 2. The van der Waals surface area contributed by atoms with E-state index in [1.807, 2.05) is 30.3 Å². The van der Waals surface area contributed by atoms with Crippen LogP contribution in [0.4, 0.5) is 0 Å². The molecular weight excluding hydrogens is 448 g/mol. The molecule has 1 heterocycles. The van der Waals surface area contributed by atoms with Crippen LogP contribution in [-0.4, -0.2) is 23.0 Å². The molecule has 0 spiro atoms. The maximum Gasteiger partial charge on any atom is 0.419 e. The number of para-hydroxylation sites is 2. The van der Waals surface area contributed by atoms with Gasteiger partial charge in [-0.2, -0.15) is 5.26 Å². The van der Waals surface area contributed by atoms with Gasteiger partial charge in [-0.05, 0) is 53.9 Å². The molecule has 0 saturated carbocycles. The third-order valence-corrected chi connectivity index (χ3v) is 5.27. The van der Waals surface area contributed by atoms with Crippen LogP contribution in [0.2, 0.25) is 0 Å². The minimum absolute atomic E-state index is 0.115. The quantitative estimate of drug-likeness (QED) is 0.381. The topological polar surface area (TPSA) is 126 Å². The van der Waals surface area contributed by atoms with Crippen LogP contribution in [0, 0.1) is 11.3 Å². The number of nitrogens with zero attached hydrogens (tertiary/aromatic N) is 2. The molecule has 4 rings (SSSR count). The van der Waals surface area contributed by atoms with Crippen molar-refractivity contribution >= 4 is 22.9 Å². The number of fused-ring (bicyclic) bond motifs is 1. The number of nitrogens with one attached hydrogen (secondary N) is 2. The van der Waals surface area contributed by atoms with Crippen molar-refractivity contribution < 1.29 is 18.7 Å². The van der Waals surface area contributed by atoms with E-state index in [2.05, 4.69) is 16.9 Å². The molecule has 0 saturated heterocycles. The molecule has 9 nitrogen and oxygen atoms in total. The average molecular weight is 470 g/mol. The minimum Gasteiger partial charge on any atom is -0.484 e. The van der Waals surface area contributed by atoms with Gasteiger partial charge in [-0.3, -0.25) is 25.0 Å². The first-order valence-corrected chi connectivity index (χ1v) is 10.9. The van der Waals surface area contributed by atoms with Gasteiger partial charge in [0.2, 0.25) is 5.91 Å². The van der Waals surface area contributed by atoms with E-state index in [1.54, 1.807) is 42.5 Å². The van der Waals surface area contributed by atoms with Gasteiger partial charge in [0.15, 0.2) is 12.2 Å². The molecule has 2 N–H and O–H groups in total. The van der Waals surface area contributed by atoms with Crippen molar-refractivity contribution in [3.63, 3.8) is 0 Å². The molecular formula is C26H22N4O5. The molecule has 0 fully saturated rings. The Morgan fingerprint density at radius 2 is 1.57 bits per heavy atom. The first kappa shape index (κ1) is 23.3. The lowest BCUT2D eigenvalue weighted by Gasteiger charge is -2.09. The molecule has 0 unspecified atom stereocenters. The Hall–Kier alpha value is -4.84. The smallest absolute Gasteiger partial charge is 0.419 e. The average Bonchev–Trinajstić information content (AvgIpc) is 3.21. The third-order valence-electron chi connectivity index (χ3n) is 5.27. The first-order valence-electron chi connectivity index (χ1n) is 10.9.